The van der Waals surface area contributed by atoms with E-state index < -0.39 is 0 Å². The number of ketones is 1. The number of likely N-dealkylation sites (tertiary alicyclic amines) is 2. The lowest BCUT2D eigenvalue weighted by molar-refractivity contribution is -0.114. The van der Waals surface area contributed by atoms with Gasteiger partial charge in [-0.15, -0.1) is 0 Å². The zero-order chi connectivity index (χ0) is 14.9. The number of carbonyl (C=O) groups excluding carboxylic acids is 1. The first kappa shape index (κ1) is 14.5. The molecule has 21 heavy (non-hydrogen) atoms. The third-order valence-electron chi connectivity index (χ3n) is 5.18. The Morgan fingerprint density at radius 3 is 2.48 bits per heavy atom. The summed E-state index contributed by atoms with van der Waals surface area (Å²) in [7, 11) is 0. The molecule has 112 valence electrons. The largest absolute Gasteiger partial charge is 0.303 e. The Labute approximate surface area is 127 Å². The molecule has 0 aliphatic carbocycles. The molecule has 1 spiro atoms. The van der Waals surface area contributed by atoms with E-state index in [9.17, 15) is 4.79 Å². The van der Waals surface area contributed by atoms with Crippen molar-refractivity contribution < 1.29 is 4.79 Å². The Balaban J connectivity index is 1.82. The Hall–Kier alpha value is -1.45. The molecule has 0 amide bonds. The van der Waals surface area contributed by atoms with E-state index in [2.05, 4.69) is 47.6 Å². The highest BCUT2D eigenvalue weighted by atomic mass is 16.1. The van der Waals surface area contributed by atoms with Crippen molar-refractivity contribution in [1.82, 2.24) is 9.80 Å². The van der Waals surface area contributed by atoms with Crippen LogP contribution >= 0.6 is 0 Å². The second-order valence-corrected chi connectivity index (χ2v) is 6.21. The predicted molar refractivity (Wildman–Crippen MR) is 85.1 cm³/mol. The van der Waals surface area contributed by atoms with E-state index in [1.165, 1.54) is 5.56 Å². The Morgan fingerprint density at radius 1 is 1.19 bits per heavy atom. The molecule has 0 N–H and O–H groups in total. The van der Waals surface area contributed by atoms with E-state index in [-0.39, 0.29) is 11.3 Å². The molecule has 3 rings (SSSR count). The minimum Gasteiger partial charge on any atom is -0.303 e. The lowest BCUT2D eigenvalue weighted by Crippen LogP contribution is -2.52. The smallest absolute Gasteiger partial charge is 0.174 e. The van der Waals surface area contributed by atoms with Crippen molar-refractivity contribution >= 4 is 5.78 Å². The number of hydrogen-bond acceptors (Lipinski definition) is 3. The van der Waals surface area contributed by atoms with Gasteiger partial charge in [0.05, 0.1) is 12.1 Å². The summed E-state index contributed by atoms with van der Waals surface area (Å²) in [6, 6.07) is 10.4. The molecule has 0 aromatic heterocycles. The van der Waals surface area contributed by atoms with Crippen molar-refractivity contribution in [3.05, 3.63) is 48.0 Å². The standard InChI is InChI=1S/C18H24N2O/c1-3-19-11-9-18(10-12-19)15(2)17(21)14-20(18)13-16-7-5-4-6-8-16/h4-8H,2-3,9-14H2,1H3. The maximum atomic E-state index is 12.2. The van der Waals surface area contributed by atoms with Crippen LogP contribution in [0, 0.1) is 0 Å². The molecule has 2 aliphatic rings. The van der Waals surface area contributed by atoms with Gasteiger partial charge in [0.1, 0.15) is 0 Å². The summed E-state index contributed by atoms with van der Waals surface area (Å²) in [5.74, 6) is 0.232. The Kier molecular flexibility index (Phi) is 3.96. The van der Waals surface area contributed by atoms with Gasteiger partial charge in [0.25, 0.3) is 0 Å². The maximum Gasteiger partial charge on any atom is 0.174 e. The molecule has 0 saturated carbocycles. The quantitative estimate of drug-likeness (QED) is 0.797. The SMILES string of the molecule is C=C1C(=O)CN(Cc2ccccc2)C12CCN(CC)CC2. The van der Waals surface area contributed by atoms with Crippen LogP contribution in [-0.4, -0.2) is 47.3 Å². The lowest BCUT2D eigenvalue weighted by atomic mass is 9.81. The number of benzene rings is 1. The van der Waals surface area contributed by atoms with Crippen LogP contribution in [0.5, 0.6) is 0 Å². The minimum atomic E-state index is -0.0986. The molecular weight excluding hydrogens is 260 g/mol. The Morgan fingerprint density at radius 2 is 1.86 bits per heavy atom. The summed E-state index contributed by atoms with van der Waals surface area (Å²) in [5.41, 5.74) is 2.02. The molecular formula is C18H24N2O. The fraction of sp³-hybridized carbons (Fsp3) is 0.500. The first-order valence-electron chi connectivity index (χ1n) is 7.89. The molecule has 0 atom stereocenters. The highest BCUT2D eigenvalue weighted by molar-refractivity contribution is 6.01. The average Bonchev–Trinajstić information content (AvgIpc) is 2.74. The van der Waals surface area contributed by atoms with Gasteiger partial charge in [-0.25, -0.2) is 0 Å². The van der Waals surface area contributed by atoms with Gasteiger partial charge in [0, 0.05) is 25.2 Å². The van der Waals surface area contributed by atoms with Crippen molar-refractivity contribution in [2.24, 2.45) is 0 Å². The monoisotopic (exact) mass is 284 g/mol. The van der Waals surface area contributed by atoms with Crippen molar-refractivity contribution in [3.63, 3.8) is 0 Å². The van der Waals surface area contributed by atoms with Gasteiger partial charge < -0.3 is 4.90 Å². The number of rotatable bonds is 3. The zero-order valence-electron chi connectivity index (χ0n) is 12.8. The summed E-state index contributed by atoms with van der Waals surface area (Å²) in [5, 5.41) is 0. The van der Waals surface area contributed by atoms with Crippen molar-refractivity contribution in [3.8, 4) is 0 Å². The third-order valence-corrected chi connectivity index (χ3v) is 5.18. The molecule has 1 aromatic rings. The van der Waals surface area contributed by atoms with Gasteiger partial charge in [0.15, 0.2) is 5.78 Å². The van der Waals surface area contributed by atoms with Gasteiger partial charge >= 0.3 is 0 Å². The van der Waals surface area contributed by atoms with Crippen LogP contribution in [-0.2, 0) is 11.3 Å². The highest BCUT2D eigenvalue weighted by Crippen LogP contribution is 2.40. The maximum absolute atomic E-state index is 12.2. The molecule has 3 heteroatoms. The molecule has 0 bridgehead atoms. The molecule has 2 heterocycles. The molecule has 0 unspecified atom stereocenters. The van der Waals surface area contributed by atoms with Crippen LogP contribution in [0.2, 0.25) is 0 Å². The fourth-order valence-corrected chi connectivity index (χ4v) is 3.74. The molecule has 1 aromatic carbocycles. The number of carbonyl (C=O) groups is 1. The van der Waals surface area contributed by atoms with Crippen LogP contribution in [0.3, 0.4) is 0 Å². The first-order chi connectivity index (χ1) is 10.2. The normalized spacial score (nSPS) is 23.1. The van der Waals surface area contributed by atoms with Crippen molar-refractivity contribution in [1.29, 1.82) is 0 Å². The van der Waals surface area contributed by atoms with E-state index in [0.717, 1.165) is 44.6 Å². The molecule has 2 fully saturated rings. The molecule has 0 radical (unpaired) electrons. The van der Waals surface area contributed by atoms with E-state index in [1.807, 2.05) is 6.07 Å². The minimum absolute atomic E-state index is 0.0986. The second-order valence-electron chi connectivity index (χ2n) is 6.21. The number of Topliss-reactive ketones (excluding diaryl/α,β-unsaturated/α-hetero) is 1. The molecule has 3 nitrogen and oxygen atoms in total. The lowest BCUT2D eigenvalue weighted by Gasteiger charge is -2.44. The number of piperidine rings is 1. The summed E-state index contributed by atoms with van der Waals surface area (Å²) < 4.78 is 0. The Bertz CT molecular complexity index is 529. The number of hydrogen-bond donors (Lipinski definition) is 0. The van der Waals surface area contributed by atoms with Gasteiger partial charge in [-0.1, -0.05) is 43.8 Å². The summed E-state index contributed by atoms with van der Waals surface area (Å²) >= 11 is 0. The average molecular weight is 284 g/mol. The van der Waals surface area contributed by atoms with E-state index in [1.54, 1.807) is 0 Å². The van der Waals surface area contributed by atoms with E-state index >= 15 is 0 Å². The van der Waals surface area contributed by atoms with Crippen molar-refractivity contribution in [2.75, 3.05) is 26.2 Å². The van der Waals surface area contributed by atoms with Crippen LogP contribution in [0.15, 0.2) is 42.5 Å². The second kappa shape index (κ2) is 5.74. The van der Waals surface area contributed by atoms with Gasteiger partial charge in [0.2, 0.25) is 0 Å². The van der Waals surface area contributed by atoms with Crippen LogP contribution < -0.4 is 0 Å². The summed E-state index contributed by atoms with van der Waals surface area (Å²) in [6.45, 7) is 10.9. The van der Waals surface area contributed by atoms with Crippen LogP contribution in [0.4, 0.5) is 0 Å². The van der Waals surface area contributed by atoms with E-state index in [0.29, 0.717) is 6.54 Å². The summed E-state index contributed by atoms with van der Waals surface area (Å²) in [4.78, 5) is 17.1. The van der Waals surface area contributed by atoms with Gasteiger partial charge in [-0.05, 0) is 24.9 Å². The molecule has 2 saturated heterocycles. The van der Waals surface area contributed by atoms with Crippen LogP contribution in [0.1, 0.15) is 25.3 Å². The third kappa shape index (κ3) is 2.56. The molecule has 2 aliphatic heterocycles. The fourth-order valence-electron chi connectivity index (χ4n) is 3.74. The predicted octanol–water partition coefficient (Wildman–Crippen LogP) is 2.48. The van der Waals surface area contributed by atoms with Gasteiger partial charge in [-0.2, -0.15) is 0 Å². The first-order valence-corrected chi connectivity index (χ1v) is 7.89. The van der Waals surface area contributed by atoms with E-state index in [4.69, 9.17) is 0 Å². The summed E-state index contributed by atoms with van der Waals surface area (Å²) in [6.07, 6.45) is 2.05. The van der Waals surface area contributed by atoms with Crippen LogP contribution in [0.25, 0.3) is 0 Å². The zero-order valence-corrected chi connectivity index (χ0v) is 12.8. The highest BCUT2D eigenvalue weighted by Gasteiger charge is 2.49. The topological polar surface area (TPSA) is 23.6 Å². The number of nitrogens with zero attached hydrogens (tertiary/aromatic N) is 2. The van der Waals surface area contributed by atoms with Gasteiger partial charge in [-0.3, -0.25) is 9.69 Å². The van der Waals surface area contributed by atoms with Crippen molar-refractivity contribution in [2.45, 2.75) is 31.8 Å².